The van der Waals surface area contributed by atoms with Gasteiger partial charge in [0.25, 0.3) is 0 Å². The fourth-order valence-electron chi connectivity index (χ4n) is 2.28. The monoisotopic (exact) mass is 260 g/mol. The zero-order valence-corrected chi connectivity index (χ0v) is 10.5. The fourth-order valence-corrected chi connectivity index (χ4v) is 2.28. The van der Waals surface area contributed by atoms with Crippen LogP contribution in [-0.4, -0.2) is 36.7 Å². The van der Waals surface area contributed by atoms with E-state index in [2.05, 4.69) is 0 Å². The highest BCUT2D eigenvalue weighted by Gasteiger charge is 2.21. The minimum atomic E-state index is 0.00520. The van der Waals surface area contributed by atoms with E-state index in [-0.39, 0.29) is 18.7 Å². The van der Waals surface area contributed by atoms with Crippen molar-refractivity contribution in [2.45, 2.75) is 12.5 Å². The summed E-state index contributed by atoms with van der Waals surface area (Å²) in [4.78, 5) is 13.7. The molecular formula is C14H16N2O3. The molecule has 0 radical (unpaired) electrons. The Bertz CT molecular complexity index is 527. The summed E-state index contributed by atoms with van der Waals surface area (Å²) in [6.45, 7) is 1.64. The van der Waals surface area contributed by atoms with Crippen molar-refractivity contribution in [1.29, 1.82) is 0 Å². The van der Waals surface area contributed by atoms with E-state index in [1.165, 1.54) is 0 Å². The predicted octanol–water partition coefficient (Wildman–Crippen LogP) is 0.988. The number of fused-ring (bicyclic) bond motifs is 1. The van der Waals surface area contributed by atoms with Gasteiger partial charge in [0.05, 0.1) is 0 Å². The summed E-state index contributed by atoms with van der Waals surface area (Å²) in [6.07, 6.45) is 4.24. The highest BCUT2D eigenvalue weighted by molar-refractivity contribution is 5.92. The molecule has 1 aromatic carbocycles. The third-order valence-electron chi connectivity index (χ3n) is 3.35. The minimum absolute atomic E-state index is 0.00520. The van der Waals surface area contributed by atoms with Crippen LogP contribution in [-0.2, 0) is 4.79 Å². The van der Waals surface area contributed by atoms with Crippen LogP contribution in [0.25, 0.3) is 6.08 Å². The summed E-state index contributed by atoms with van der Waals surface area (Å²) >= 11 is 0. The average Bonchev–Trinajstić information content (AvgIpc) is 3.03. The summed E-state index contributed by atoms with van der Waals surface area (Å²) in [5.41, 5.74) is 6.70. The van der Waals surface area contributed by atoms with Gasteiger partial charge in [-0.25, -0.2) is 0 Å². The molecule has 5 heteroatoms. The molecule has 0 aromatic heterocycles. The van der Waals surface area contributed by atoms with E-state index in [1.54, 1.807) is 17.1 Å². The van der Waals surface area contributed by atoms with Crippen molar-refractivity contribution in [3.05, 3.63) is 29.8 Å². The van der Waals surface area contributed by atoms with Crippen molar-refractivity contribution < 1.29 is 14.3 Å². The van der Waals surface area contributed by atoms with Crippen LogP contribution in [0.1, 0.15) is 12.0 Å². The zero-order chi connectivity index (χ0) is 13.2. The van der Waals surface area contributed by atoms with Crippen LogP contribution in [0.2, 0.25) is 0 Å². The Morgan fingerprint density at radius 1 is 1.37 bits per heavy atom. The molecule has 1 amide bonds. The number of amides is 1. The Hall–Kier alpha value is -2.01. The van der Waals surface area contributed by atoms with Crippen LogP contribution in [0.5, 0.6) is 11.5 Å². The number of benzene rings is 1. The molecule has 0 spiro atoms. The lowest BCUT2D eigenvalue weighted by Gasteiger charge is -2.12. The van der Waals surface area contributed by atoms with Gasteiger partial charge in [0.1, 0.15) is 0 Å². The van der Waals surface area contributed by atoms with Gasteiger partial charge in [0.2, 0.25) is 12.7 Å². The van der Waals surface area contributed by atoms with Crippen LogP contribution in [0.4, 0.5) is 0 Å². The Balaban J connectivity index is 1.67. The van der Waals surface area contributed by atoms with Crippen molar-refractivity contribution in [2.75, 3.05) is 19.9 Å². The van der Waals surface area contributed by atoms with E-state index in [0.717, 1.165) is 30.0 Å². The number of ether oxygens (including phenoxy) is 2. The molecule has 3 rings (SSSR count). The van der Waals surface area contributed by atoms with Gasteiger partial charge in [-0.3, -0.25) is 4.79 Å². The van der Waals surface area contributed by atoms with Gasteiger partial charge in [-0.1, -0.05) is 6.07 Å². The first-order valence-electron chi connectivity index (χ1n) is 6.34. The molecular weight excluding hydrogens is 244 g/mol. The number of nitrogens with two attached hydrogens (primary N) is 1. The van der Waals surface area contributed by atoms with Crippen molar-refractivity contribution in [1.82, 2.24) is 4.90 Å². The molecule has 0 unspecified atom stereocenters. The first-order valence-corrected chi connectivity index (χ1v) is 6.34. The molecule has 0 aliphatic carbocycles. The molecule has 2 heterocycles. The van der Waals surface area contributed by atoms with Gasteiger partial charge in [-0.05, 0) is 30.2 Å². The molecule has 19 heavy (non-hydrogen) atoms. The zero-order valence-electron chi connectivity index (χ0n) is 10.5. The normalized spacial score (nSPS) is 21.3. The topological polar surface area (TPSA) is 64.8 Å². The number of carbonyl (C=O) groups is 1. The van der Waals surface area contributed by atoms with E-state index in [1.807, 2.05) is 18.2 Å². The lowest BCUT2D eigenvalue weighted by atomic mass is 10.2. The molecule has 2 aliphatic heterocycles. The van der Waals surface area contributed by atoms with Gasteiger partial charge in [0.15, 0.2) is 11.5 Å². The van der Waals surface area contributed by atoms with Crippen LogP contribution in [0.3, 0.4) is 0 Å². The van der Waals surface area contributed by atoms with Crippen molar-refractivity contribution in [2.24, 2.45) is 5.73 Å². The molecule has 1 atom stereocenters. The maximum Gasteiger partial charge on any atom is 0.246 e. The molecule has 1 saturated heterocycles. The van der Waals surface area contributed by atoms with E-state index in [4.69, 9.17) is 15.2 Å². The lowest BCUT2D eigenvalue weighted by Crippen LogP contribution is -2.30. The molecule has 0 bridgehead atoms. The second kappa shape index (κ2) is 4.93. The lowest BCUT2D eigenvalue weighted by molar-refractivity contribution is -0.124. The van der Waals surface area contributed by atoms with Gasteiger partial charge in [0, 0.05) is 25.2 Å². The van der Waals surface area contributed by atoms with Gasteiger partial charge in [-0.15, -0.1) is 0 Å². The smallest absolute Gasteiger partial charge is 0.246 e. The number of nitrogens with zero attached hydrogens (tertiary/aromatic N) is 1. The Morgan fingerprint density at radius 2 is 2.21 bits per heavy atom. The second-order valence-electron chi connectivity index (χ2n) is 4.78. The number of carbonyl (C=O) groups excluding carboxylic acids is 1. The van der Waals surface area contributed by atoms with Crippen LogP contribution in [0.15, 0.2) is 24.3 Å². The molecule has 100 valence electrons. The van der Waals surface area contributed by atoms with Crippen LogP contribution >= 0.6 is 0 Å². The third kappa shape index (κ3) is 2.56. The maximum absolute atomic E-state index is 11.9. The van der Waals surface area contributed by atoms with E-state index in [9.17, 15) is 4.79 Å². The summed E-state index contributed by atoms with van der Waals surface area (Å²) < 4.78 is 10.5. The third-order valence-corrected chi connectivity index (χ3v) is 3.35. The van der Waals surface area contributed by atoms with E-state index >= 15 is 0 Å². The fraction of sp³-hybridized carbons (Fsp3) is 0.357. The maximum atomic E-state index is 11.9. The largest absolute Gasteiger partial charge is 0.454 e. The van der Waals surface area contributed by atoms with Gasteiger partial charge >= 0.3 is 0 Å². The highest BCUT2D eigenvalue weighted by Crippen LogP contribution is 2.32. The van der Waals surface area contributed by atoms with Crippen molar-refractivity contribution in [3.8, 4) is 11.5 Å². The molecule has 2 N–H and O–H groups in total. The first kappa shape index (κ1) is 12.0. The van der Waals surface area contributed by atoms with Gasteiger partial charge in [-0.2, -0.15) is 0 Å². The second-order valence-corrected chi connectivity index (χ2v) is 4.78. The molecule has 5 nitrogen and oxygen atoms in total. The van der Waals surface area contributed by atoms with Crippen molar-refractivity contribution in [3.63, 3.8) is 0 Å². The van der Waals surface area contributed by atoms with Gasteiger partial charge < -0.3 is 20.1 Å². The SMILES string of the molecule is N[C@@H]1CCN(C(=O)/C=C/c2ccc3c(c2)OCO3)C1. The summed E-state index contributed by atoms with van der Waals surface area (Å²) in [5, 5.41) is 0. The summed E-state index contributed by atoms with van der Waals surface area (Å²) in [7, 11) is 0. The predicted molar refractivity (Wildman–Crippen MR) is 70.8 cm³/mol. The molecule has 0 saturated carbocycles. The number of hydrogen-bond donors (Lipinski definition) is 1. The molecule has 2 aliphatic rings. The number of likely N-dealkylation sites (tertiary alicyclic amines) is 1. The van der Waals surface area contributed by atoms with E-state index in [0.29, 0.717) is 6.54 Å². The summed E-state index contributed by atoms with van der Waals surface area (Å²) in [5.74, 6) is 1.47. The van der Waals surface area contributed by atoms with Crippen LogP contribution < -0.4 is 15.2 Å². The Kier molecular flexibility index (Phi) is 3.13. The van der Waals surface area contributed by atoms with E-state index < -0.39 is 0 Å². The Labute approximate surface area is 111 Å². The summed E-state index contributed by atoms with van der Waals surface area (Å²) in [6, 6.07) is 5.72. The van der Waals surface area contributed by atoms with Crippen molar-refractivity contribution >= 4 is 12.0 Å². The number of hydrogen-bond acceptors (Lipinski definition) is 4. The highest BCUT2D eigenvalue weighted by atomic mass is 16.7. The number of rotatable bonds is 2. The van der Waals surface area contributed by atoms with Crippen LogP contribution in [0, 0.1) is 0 Å². The average molecular weight is 260 g/mol. The Morgan fingerprint density at radius 3 is 3.00 bits per heavy atom. The molecule has 1 aromatic rings. The first-order chi connectivity index (χ1) is 9.22. The minimum Gasteiger partial charge on any atom is -0.454 e. The molecule has 1 fully saturated rings. The standard InChI is InChI=1S/C14H16N2O3/c15-11-5-6-16(8-11)14(17)4-2-10-1-3-12-13(7-10)19-9-18-12/h1-4,7,11H,5-6,8-9,15H2/b4-2+/t11-/m1/s1. The quantitative estimate of drug-likeness (QED) is 0.805.